The van der Waals surface area contributed by atoms with Crippen LogP contribution < -0.4 is 16.2 Å². The van der Waals surface area contributed by atoms with E-state index in [1.54, 1.807) is 12.1 Å². The standard InChI is InChI=1S/C18H17F3N6O2/c1-27(17(23)24)16(28)12-7-10-11(18(19,20)21)2-3-13(15(10)26-12)29-14-6-9(8-22)4-5-25-14/h2-7,26H,8,22H2,1H3,(H3,23,24). The summed E-state index contributed by atoms with van der Waals surface area (Å²) in [4.78, 5) is 19.9. The number of carbonyl (C=O) groups excluding carboxylic acids is 1. The third-order valence-corrected chi connectivity index (χ3v) is 4.21. The monoisotopic (exact) mass is 406 g/mol. The number of nitrogens with one attached hydrogen (secondary N) is 2. The first-order valence-corrected chi connectivity index (χ1v) is 8.29. The van der Waals surface area contributed by atoms with E-state index in [9.17, 15) is 18.0 Å². The maximum atomic E-state index is 13.4. The van der Waals surface area contributed by atoms with E-state index in [0.717, 1.165) is 28.7 Å². The molecule has 0 bridgehead atoms. The van der Waals surface area contributed by atoms with Gasteiger partial charge in [0, 0.05) is 31.2 Å². The number of alkyl halides is 3. The van der Waals surface area contributed by atoms with E-state index >= 15 is 0 Å². The lowest BCUT2D eigenvalue weighted by atomic mass is 10.1. The first-order valence-electron chi connectivity index (χ1n) is 8.29. The summed E-state index contributed by atoms with van der Waals surface area (Å²) < 4.78 is 46.0. The Kier molecular flexibility index (Phi) is 5.16. The maximum absolute atomic E-state index is 13.4. The lowest BCUT2D eigenvalue weighted by molar-refractivity contribution is -0.136. The van der Waals surface area contributed by atoms with Gasteiger partial charge in [0.1, 0.15) is 5.69 Å². The summed E-state index contributed by atoms with van der Waals surface area (Å²) in [6, 6.07) is 6.29. The van der Waals surface area contributed by atoms with E-state index < -0.39 is 23.6 Å². The Morgan fingerprint density at radius 2 is 2.03 bits per heavy atom. The molecular formula is C18H17F3N6O2. The number of rotatable bonds is 4. The van der Waals surface area contributed by atoms with Crippen LogP contribution in [0.4, 0.5) is 13.2 Å². The Morgan fingerprint density at radius 1 is 1.31 bits per heavy atom. The number of halogens is 3. The highest BCUT2D eigenvalue weighted by molar-refractivity contribution is 6.06. The summed E-state index contributed by atoms with van der Waals surface area (Å²) in [5, 5.41) is 7.07. The van der Waals surface area contributed by atoms with E-state index in [1.807, 2.05) is 0 Å². The minimum atomic E-state index is -4.65. The molecule has 0 saturated carbocycles. The molecule has 3 rings (SSSR count). The number of carbonyl (C=O) groups is 1. The molecule has 0 radical (unpaired) electrons. The van der Waals surface area contributed by atoms with E-state index in [-0.39, 0.29) is 34.8 Å². The lowest BCUT2D eigenvalue weighted by Crippen LogP contribution is -2.38. The van der Waals surface area contributed by atoms with Crippen molar-refractivity contribution in [3.63, 3.8) is 0 Å². The summed E-state index contributed by atoms with van der Waals surface area (Å²) in [7, 11) is 1.24. The van der Waals surface area contributed by atoms with Crippen LogP contribution in [0.2, 0.25) is 0 Å². The molecule has 8 nitrogen and oxygen atoms in total. The number of guanidine groups is 1. The Hall–Kier alpha value is -3.60. The number of aromatic amines is 1. The Morgan fingerprint density at radius 3 is 2.66 bits per heavy atom. The molecular weight excluding hydrogens is 389 g/mol. The second-order valence-electron chi connectivity index (χ2n) is 6.14. The molecule has 1 amide bonds. The Balaban J connectivity index is 2.13. The average molecular weight is 406 g/mol. The predicted molar refractivity (Wildman–Crippen MR) is 99.5 cm³/mol. The zero-order valence-corrected chi connectivity index (χ0v) is 15.2. The molecule has 2 aromatic heterocycles. The number of nitrogens with zero attached hydrogens (tertiary/aromatic N) is 2. The molecule has 0 unspecified atom stereocenters. The van der Waals surface area contributed by atoms with Crippen molar-refractivity contribution < 1.29 is 22.7 Å². The lowest BCUT2D eigenvalue weighted by Gasteiger charge is -2.12. The summed E-state index contributed by atoms with van der Waals surface area (Å²) in [5.74, 6) is -1.14. The van der Waals surface area contributed by atoms with Gasteiger partial charge in [-0.3, -0.25) is 15.1 Å². The van der Waals surface area contributed by atoms with Gasteiger partial charge in [0.05, 0.1) is 11.1 Å². The van der Waals surface area contributed by atoms with Crippen LogP contribution >= 0.6 is 0 Å². The van der Waals surface area contributed by atoms with E-state index in [0.29, 0.717) is 0 Å². The first kappa shape index (κ1) is 20.1. The van der Waals surface area contributed by atoms with Gasteiger partial charge in [-0.05, 0) is 29.8 Å². The minimum absolute atomic E-state index is 0.0409. The van der Waals surface area contributed by atoms with Crippen LogP contribution in [-0.4, -0.2) is 33.8 Å². The number of aromatic nitrogens is 2. The Labute approximate surface area is 162 Å². The van der Waals surface area contributed by atoms with Crippen LogP contribution in [0.3, 0.4) is 0 Å². The number of hydrogen-bond acceptors (Lipinski definition) is 5. The van der Waals surface area contributed by atoms with Crippen LogP contribution in [0, 0.1) is 5.41 Å². The number of hydrogen-bond donors (Lipinski definition) is 4. The average Bonchev–Trinajstić information content (AvgIpc) is 3.11. The van der Waals surface area contributed by atoms with E-state index in [2.05, 4.69) is 9.97 Å². The van der Waals surface area contributed by atoms with Crippen LogP contribution in [0.1, 0.15) is 21.6 Å². The molecule has 0 atom stereocenters. The molecule has 0 saturated heterocycles. The van der Waals surface area contributed by atoms with Gasteiger partial charge in [0.25, 0.3) is 5.91 Å². The molecule has 0 spiro atoms. The fourth-order valence-corrected chi connectivity index (χ4v) is 2.68. The van der Waals surface area contributed by atoms with Gasteiger partial charge in [-0.15, -0.1) is 0 Å². The number of amides is 1. The number of benzene rings is 1. The molecule has 2 heterocycles. The van der Waals surface area contributed by atoms with Gasteiger partial charge in [-0.2, -0.15) is 13.2 Å². The molecule has 0 aliphatic rings. The number of ether oxygens (including phenoxy) is 1. The van der Waals surface area contributed by atoms with Crippen molar-refractivity contribution in [3.8, 4) is 11.6 Å². The second kappa shape index (κ2) is 7.43. The van der Waals surface area contributed by atoms with Crippen molar-refractivity contribution in [2.24, 2.45) is 11.5 Å². The van der Waals surface area contributed by atoms with Gasteiger partial charge in [-0.1, -0.05) is 0 Å². The van der Waals surface area contributed by atoms with Crippen LogP contribution in [0.25, 0.3) is 10.9 Å². The number of nitrogens with two attached hydrogens (primary N) is 2. The molecule has 0 fully saturated rings. The number of fused-ring (bicyclic) bond motifs is 1. The normalized spacial score (nSPS) is 11.5. The highest BCUT2D eigenvalue weighted by atomic mass is 19.4. The molecule has 152 valence electrons. The van der Waals surface area contributed by atoms with Gasteiger partial charge in [-0.25, -0.2) is 4.98 Å². The summed E-state index contributed by atoms with van der Waals surface area (Å²) >= 11 is 0. The topological polar surface area (TPSA) is 134 Å². The molecule has 0 aliphatic heterocycles. The highest BCUT2D eigenvalue weighted by Gasteiger charge is 2.34. The van der Waals surface area contributed by atoms with Crippen LogP contribution in [0.5, 0.6) is 11.6 Å². The molecule has 6 N–H and O–H groups in total. The fourth-order valence-electron chi connectivity index (χ4n) is 2.68. The van der Waals surface area contributed by atoms with Gasteiger partial charge in [0.15, 0.2) is 11.7 Å². The first-order chi connectivity index (χ1) is 13.6. The van der Waals surface area contributed by atoms with Gasteiger partial charge in [0.2, 0.25) is 5.88 Å². The van der Waals surface area contributed by atoms with E-state index in [1.165, 1.54) is 13.2 Å². The quantitative estimate of drug-likeness (QED) is 0.390. The zero-order chi connectivity index (χ0) is 21.3. The number of H-pyrrole nitrogens is 1. The third-order valence-electron chi connectivity index (χ3n) is 4.21. The molecule has 0 aliphatic carbocycles. The Bertz CT molecular complexity index is 1090. The highest BCUT2D eigenvalue weighted by Crippen LogP contribution is 2.39. The van der Waals surface area contributed by atoms with Crippen molar-refractivity contribution in [2.75, 3.05) is 7.05 Å². The van der Waals surface area contributed by atoms with Crippen molar-refractivity contribution in [1.29, 1.82) is 5.41 Å². The van der Waals surface area contributed by atoms with Crippen molar-refractivity contribution in [3.05, 3.63) is 53.3 Å². The summed E-state index contributed by atoms with van der Waals surface area (Å²) in [5.41, 5.74) is 10.4. The minimum Gasteiger partial charge on any atom is -0.437 e. The van der Waals surface area contributed by atoms with E-state index in [4.69, 9.17) is 21.6 Å². The summed E-state index contributed by atoms with van der Waals surface area (Å²) in [6.45, 7) is 0.236. The van der Waals surface area contributed by atoms with Gasteiger partial charge < -0.3 is 21.2 Å². The fraction of sp³-hybridized carbons (Fsp3) is 0.167. The summed E-state index contributed by atoms with van der Waals surface area (Å²) in [6.07, 6.45) is -3.19. The van der Waals surface area contributed by atoms with Crippen LogP contribution in [-0.2, 0) is 12.7 Å². The second-order valence-corrected chi connectivity index (χ2v) is 6.14. The maximum Gasteiger partial charge on any atom is 0.417 e. The number of pyridine rings is 1. The van der Waals surface area contributed by atoms with Crippen molar-refractivity contribution >= 4 is 22.8 Å². The predicted octanol–water partition coefficient (Wildman–Crippen LogP) is 2.80. The third kappa shape index (κ3) is 3.99. The van der Waals surface area contributed by atoms with Crippen molar-refractivity contribution in [1.82, 2.24) is 14.9 Å². The zero-order valence-electron chi connectivity index (χ0n) is 15.2. The molecule has 3 aromatic rings. The smallest absolute Gasteiger partial charge is 0.417 e. The van der Waals surface area contributed by atoms with Gasteiger partial charge >= 0.3 is 6.18 Å². The largest absolute Gasteiger partial charge is 0.437 e. The van der Waals surface area contributed by atoms with Crippen molar-refractivity contribution in [2.45, 2.75) is 12.7 Å². The SMILES string of the molecule is CN(C(=N)N)C(=O)c1cc2c(C(F)(F)F)ccc(Oc3cc(CN)ccn3)c2[nH]1. The molecule has 1 aromatic carbocycles. The molecule has 11 heteroatoms. The van der Waals surface area contributed by atoms with Crippen LogP contribution in [0.15, 0.2) is 36.5 Å². The molecule has 29 heavy (non-hydrogen) atoms.